The number of rotatable bonds is 36. The maximum atomic E-state index is 9.28. The maximum Gasteiger partial charge on any atom is 0.136 e. The largest absolute Gasteiger partial charge is 0.192 e. The third kappa shape index (κ3) is 25.4. The lowest BCUT2D eigenvalue weighted by Crippen LogP contribution is -2.10. The van der Waals surface area contributed by atoms with Gasteiger partial charge in [-0.2, -0.15) is 10.5 Å². The minimum Gasteiger partial charge on any atom is -0.192 e. The first-order chi connectivity index (χ1) is 26.7. The van der Waals surface area contributed by atoms with E-state index in [0.29, 0.717) is 5.22 Å². The van der Waals surface area contributed by atoms with E-state index in [-0.39, 0.29) is 5.57 Å². The highest BCUT2D eigenvalue weighted by Gasteiger charge is 2.22. The standard InChI is InChI=1S/C48H78N2S4/c1-3-5-7-9-11-13-15-17-19-21-23-25-27-29-31-33-39-51-47-48(54-46(53-47)44-37-35-43(36-38-44)45(41-49)42-50)52-40-34-32-30-28-26-24-22-20-18-16-14-12-10-8-6-4-2/h35-38H,3-34,39-40H2,1-2H3. The van der Waals surface area contributed by atoms with Gasteiger partial charge in [-0.3, -0.25) is 0 Å². The van der Waals surface area contributed by atoms with E-state index in [1.807, 2.05) is 47.8 Å². The highest BCUT2D eigenvalue weighted by atomic mass is 32.3. The van der Waals surface area contributed by atoms with Gasteiger partial charge in [-0.15, -0.1) is 23.5 Å². The molecule has 0 radical (unpaired) electrons. The highest BCUT2D eigenvalue weighted by Crippen LogP contribution is 2.58. The molecule has 0 saturated heterocycles. The second kappa shape index (κ2) is 36.4. The number of unbranched alkanes of at least 4 members (excludes halogenated alkanes) is 30. The van der Waals surface area contributed by atoms with E-state index in [0.717, 1.165) is 0 Å². The molecule has 54 heavy (non-hydrogen) atoms. The smallest absolute Gasteiger partial charge is 0.136 e. The Bertz CT molecular complexity index is 1220. The van der Waals surface area contributed by atoms with E-state index in [9.17, 15) is 10.5 Å². The summed E-state index contributed by atoms with van der Waals surface area (Å²) in [5.41, 5.74) is 0.182. The average Bonchev–Trinajstić information content (AvgIpc) is 3.60. The van der Waals surface area contributed by atoms with Gasteiger partial charge in [0.1, 0.15) is 17.7 Å². The van der Waals surface area contributed by atoms with E-state index < -0.39 is 0 Å². The predicted octanol–water partition coefficient (Wildman–Crippen LogP) is 16.5. The van der Waals surface area contributed by atoms with Crippen molar-refractivity contribution >= 4 is 56.9 Å². The molecule has 0 spiro atoms. The Morgan fingerprint density at radius 2 is 0.704 bits per heavy atom. The number of hydrogen-bond donors (Lipinski definition) is 0. The fourth-order valence-corrected chi connectivity index (χ4v) is 13.1. The first kappa shape index (κ1) is 49.2. The summed E-state index contributed by atoms with van der Waals surface area (Å²) in [4.78, 5) is 0. The second-order valence-electron chi connectivity index (χ2n) is 15.5. The normalized spacial score (nSPS) is 12.8. The number of thioether (sulfide) groups is 4. The highest BCUT2D eigenvalue weighted by molar-refractivity contribution is 8.45. The van der Waals surface area contributed by atoms with Crippen LogP contribution in [0.4, 0.5) is 0 Å². The molecule has 1 aliphatic rings. The van der Waals surface area contributed by atoms with Gasteiger partial charge in [-0.25, -0.2) is 0 Å². The Balaban J connectivity index is 1.64. The molecule has 0 N–H and O–H groups in total. The number of hydrogen-bond acceptors (Lipinski definition) is 6. The van der Waals surface area contributed by atoms with Crippen molar-refractivity contribution in [2.24, 2.45) is 0 Å². The van der Waals surface area contributed by atoms with E-state index >= 15 is 0 Å². The van der Waals surface area contributed by atoms with E-state index in [2.05, 4.69) is 49.5 Å². The summed E-state index contributed by atoms with van der Waals surface area (Å²) in [6.07, 6.45) is 45.3. The molecule has 1 aromatic carbocycles. The van der Waals surface area contributed by atoms with Crippen LogP contribution in [0.1, 0.15) is 219 Å². The first-order valence-electron chi connectivity index (χ1n) is 22.7. The van der Waals surface area contributed by atoms with Crippen LogP contribution in [0.2, 0.25) is 0 Å². The van der Waals surface area contributed by atoms with Gasteiger partial charge in [0.15, 0.2) is 0 Å². The van der Waals surface area contributed by atoms with Crippen LogP contribution >= 0.6 is 47.0 Å². The van der Waals surface area contributed by atoms with Crippen LogP contribution in [0.3, 0.4) is 0 Å². The summed E-state index contributed by atoms with van der Waals surface area (Å²) in [7, 11) is 0. The van der Waals surface area contributed by atoms with Crippen LogP contribution in [-0.2, 0) is 0 Å². The maximum absolute atomic E-state index is 9.28. The first-order valence-corrected chi connectivity index (χ1v) is 26.3. The molecule has 0 aromatic heterocycles. The van der Waals surface area contributed by atoms with Crippen molar-refractivity contribution in [1.82, 2.24) is 0 Å². The SMILES string of the molecule is CCCCCCCCCCCCCCCCCCSC1=C(SCCCCCCCCCCCCCCCCCC)SC(=c2ccc(=C(C#N)C#N)cc2)S1. The number of benzene rings is 1. The summed E-state index contributed by atoms with van der Waals surface area (Å²) in [6, 6.07) is 12.1. The van der Waals surface area contributed by atoms with E-state index in [1.54, 1.807) is 0 Å². The molecule has 304 valence electrons. The summed E-state index contributed by atoms with van der Waals surface area (Å²) in [6.45, 7) is 4.60. The Kier molecular flexibility index (Phi) is 33.2. The number of nitrogens with zero attached hydrogens (tertiary/aromatic N) is 2. The van der Waals surface area contributed by atoms with Crippen LogP contribution in [0.15, 0.2) is 32.7 Å². The van der Waals surface area contributed by atoms with Crippen LogP contribution in [0.5, 0.6) is 0 Å². The molecule has 0 atom stereocenters. The summed E-state index contributed by atoms with van der Waals surface area (Å²) < 4.78 is 4.31. The van der Waals surface area contributed by atoms with Crippen LogP contribution in [-0.4, -0.2) is 11.5 Å². The summed E-state index contributed by atoms with van der Waals surface area (Å²) in [5, 5.41) is 20.5. The average molecular weight is 811 g/mol. The Morgan fingerprint density at radius 1 is 0.426 bits per heavy atom. The molecule has 6 heteroatoms. The fourth-order valence-electron chi connectivity index (χ4n) is 7.12. The van der Waals surface area contributed by atoms with Crippen molar-refractivity contribution in [3.05, 3.63) is 43.2 Å². The zero-order chi connectivity index (χ0) is 38.6. The van der Waals surface area contributed by atoms with Gasteiger partial charge >= 0.3 is 0 Å². The van der Waals surface area contributed by atoms with Crippen LogP contribution < -0.4 is 10.4 Å². The topological polar surface area (TPSA) is 47.6 Å². The van der Waals surface area contributed by atoms with Crippen molar-refractivity contribution in [3.63, 3.8) is 0 Å². The van der Waals surface area contributed by atoms with Gasteiger partial charge in [0.2, 0.25) is 0 Å². The second-order valence-corrected chi connectivity index (χ2v) is 20.6. The van der Waals surface area contributed by atoms with Gasteiger partial charge in [0.05, 0.1) is 12.7 Å². The molecule has 1 heterocycles. The van der Waals surface area contributed by atoms with Crippen molar-refractivity contribution in [3.8, 4) is 12.1 Å². The lowest BCUT2D eigenvalue weighted by atomic mass is 10.0. The molecule has 0 amide bonds. The van der Waals surface area contributed by atoms with Gasteiger partial charge in [0, 0.05) is 5.22 Å². The van der Waals surface area contributed by atoms with Crippen molar-refractivity contribution in [2.75, 3.05) is 11.5 Å². The molecule has 0 aliphatic carbocycles. The molecular formula is C48H78N2S4. The molecule has 0 saturated carbocycles. The van der Waals surface area contributed by atoms with Gasteiger partial charge < -0.3 is 0 Å². The lowest BCUT2D eigenvalue weighted by molar-refractivity contribution is 0.532. The molecule has 0 bridgehead atoms. The molecule has 2 nitrogen and oxygen atoms in total. The molecule has 0 unspecified atom stereocenters. The Hall–Kier alpha value is -0.920. The van der Waals surface area contributed by atoms with Crippen LogP contribution in [0, 0.1) is 22.7 Å². The summed E-state index contributed by atoms with van der Waals surface area (Å²) >= 11 is 8.02. The minimum absolute atomic E-state index is 0.182. The quantitative estimate of drug-likeness (QED) is 0.0629. The Labute approximate surface area is 351 Å². The van der Waals surface area contributed by atoms with Crippen molar-refractivity contribution in [1.29, 1.82) is 10.5 Å². The molecule has 0 fully saturated rings. The van der Waals surface area contributed by atoms with Crippen LogP contribution in [0.25, 0.3) is 9.81 Å². The zero-order valence-electron chi connectivity index (χ0n) is 34.9. The Morgan fingerprint density at radius 3 is 0.981 bits per heavy atom. The third-order valence-corrected chi connectivity index (χ3v) is 16.4. The third-order valence-electron chi connectivity index (χ3n) is 10.6. The van der Waals surface area contributed by atoms with Gasteiger partial charge in [0.25, 0.3) is 0 Å². The molecular weight excluding hydrogens is 733 g/mol. The zero-order valence-corrected chi connectivity index (χ0v) is 38.1. The molecule has 2 rings (SSSR count). The monoisotopic (exact) mass is 811 g/mol. The predicted molar refractivity (Wildman–Crippen MR) is 250 cm³/mol. The van der Waals surface area contributed by atoms with E-state index in [1.165, 1.54) is 235 Å². The van der Waals surface area contributed by atoms with Crippen molar-refractivity contribution in [2.45, 2.75) is 219 Å². The minimum atomic E-state index is 0.182. The van der Waals surface area contributed by atoms with Gasteiger partial charge in [-0.1, -0.05) is 254 Å². The molecule has 1 aliphatic heterocycles. The summed E-state index contributed by atoms with van der Waals surface area (Å²) in [5.74, 6) is 2.42. The lowest BCUT2D eigenvalue weighted by Gasteiger charge is -2.06. The number of nitriles is 2. The fraction of sp³-hybridized carbons (Fsp3) is 0.750. The van der Waals surface area contributed by atoms with Gasteiger partial charge in [-0.05, 0) is 29.6 Å². The van der Waals surface area contributed by atoms with Crippen molar-refractivity contribution < 1.29 is 0 Å². The molecule has 1 aromatic rings. The van der Waals surface area contributed by atoms with E-state index in [4.69, 9.17) is 0 Å².